The number of hydrogen-bond acceptors (Lipinski definition) is 5. The van der Waals surface area contributed by atoms with Gasteiger partial charge in [-0.05, 0) is 67.6 Å². The molecule has 0 saturated carbocycles. The van der Waals surface area contributed by atoms with Crippen LogP contribution in [0.1, 0.15) is 53.0 Å². The van der Waals surface area contributed by atoms with Crippen molar-refractivity contribution in [3.8, 4) is 0 Å². The highest BCUT2D eigenvalue weighted by Gasteiger charge is 2.25. The summed E-state index contributed by atoms with van der Waals surface area (Å²) in [5.74, 6) is -0.203. The van der Waals surface area contributed by atoms with Crippen LogP contribution in [0.3, 0.4) is 0 Å². The molecule has 34 heavy (non-hydrogen) atoms. The summed E-state index contributed by atoms with van der Waals surface area (Å²) in [4.78, 5) is 27.9. The molecule has 2 aromatic rings. The summed E-state index contributed by atoms with van der Waals surface area (Å²) in [7, 11) is -0.763. The van der Waals surface area contributed by atoms with E-state index in [1.165, 1.54) is 20.2 Å². The van der Waals surface area contributed by atoms with Gasteiger partial charge >= 0.3 is 0 Å². The first kappa shape index (κ1) is 25.7. The van der Waals surface area contributed by atoms with Gasteiger partial charge in [-0.25, -0.2) is 12.7 Å². The van der Waals surface area contributed by atoms with E-state index in [2.05, 4.69) is 15.5 Å². The Morgan fingerprint density at radius 3 is 2.29 bits per heavy atom. The van der Waals surface area contributed by atoms with Gasteiger partial charge in [0.05, 0.1) is 10.5 Å². The summed E-state index contributed by atoms with van der Waals surface area (Å²) in [5.41, 5.74) is 2.86. The maximum absolute atomic E-state index is 13.4. The SMILES string of the molecule is Cc1cc(C(=O)NCC(C)C)ccc1NC(=O)c1cc(S(=O)(=O)N(C)C)ccc1N1CCCC1. The molecule has 0 bridgehead atoms. The first-order chi connectivity index (χ1) is 16.0. The van der Waals surface area contributed by atoms with E-state index in [9.17, 15) is 18.0 Å². The second kappa shape index (κ2) is 10.6. The van der Waals surface area contributed by atoms with E-state index in [-0.39, 0.29) is 10.8 Å². The monoisotopic (exact) mass is 486 g/mol. The number of carbonyl (C=O) groups is 2. The van der Waals surface area contributed by atoms with Crippen LogP contribution in [0.15, 0.2) is 41.3 Å². The van der Waals surface area contributed by atoms with Crippen LogP contribution < -0.4 is 15.5 Å². The lowest BCUT2D eigenvalue weighted by molar-refractivity contribution is 0.0948. The number of aryl methyl sites for hydroxylation is 1. The molecule has 2 N–H and O–H groups in total. The molecule has 1 aliphatic heterocycles. The maximum Gasteiger partial charge on any atom is 0.257 e. The molecule has 2 aromatic carbocycles. The molecule has 1 saturated heterocycles. The van der Waals surface area contributed by atoms with Crippen LogP contribution in [0.2, 0.25) is 0 Å². The van der Waals surface area contributed by atoms with Crippen LogP contribution in [-0.4, -0.2) is 58.3 Å². The summed E-state index contributed by atoms with van der Waals surface area (Å²) in [5, 5.41) is 5.80. The Morgan fingerprint density at radius 2 is 1.71 bits per heavy atom. The number of hydrogen-bond donors (Lipinski definition) is 2. The Kier molecular flexibility index (Phi) is 7.99. The molecule has 3 rings (SSSR count). The molecule has 0 aliphatic carbocycles. The van der Waals surface area contributed by atoms with Gasteiger partial charge in [0.2, 0.25) is 10.0 Å². The van der Waals surface area contributed by atoms with Gasteiger partial charge in [0.25, 0.3) is 11.8 Å². The van der Waals surface area contributed by atoms with E-state index >= 15 is 0 Å². The summed E-state index contributed by atoms with van der Waals surface area (Å²) < 4.78 is 26.5. The number of rotatable bonds is 8. The second-order valence-electron chi connectivity index (χ2n) is 9.25. The van der Waals surface area contributed by atoms with Gasteiger partial charge in [-0.3, -0.25) is 9.59 Å². The minimum atomic E-state index is -3.69. The van der Waals surface area contributed by atoms with Crippen LogP contribution in [0.25, 0.3) is 0 Å². The Morgan fingerprint density at radius 1 is 1.03 bits per heavy atom. The van der Waals surface area contributed by atoms with Crippen molar-refractivity contribution >= 4 is 33.2 Å². The predicted molar refractivity (Wildman–Crippen MR) is 135 cm³/mol. The van der Waals surface area contributed by atoms with Crippen LogP contribution >= 0.6 is 0 Å². The number of carbonyl (C=O) groups excluding carboxylic acids is 2. The Balaban J connectivity index is 1.90. The maximum atomic E-state index is 13.4. The zero-order valence-corrected chi connectivity index (χ0v) is 21.3. The largest absolute Gasteiger partial charge is 0.371 e. The lowest BCUT2D eigenvalue weighted by atomic mass is 10.1. The van der Waals surface area contributed by atoms with E-state index in [1.807, 2.05) is 20.8 Å². The standard InChI is InChI=1S/C25H34N4O4S/c1-17(2)16-26-24(30)19-8-10-22(18(3)14-19)27-25(31)21-15-20(34(32,33)28(4)5)9-11-23(21)29-12-6-7-13-29/h8-11,14-15,17H,6-7,12-13,16H2,1-5H3,(H,26,30)(H,27,31). The molecule has 1 aliphatic rings. The topological polar surface area (TPSA) is 98.8 Å². The average Bonchev–Trinajstić information content (AvgIpc) is 3.33. The first-order valence-electron chi connectivity index (χ1n) is 11.5. The van der Waals surface area contributed by atoms with Crippen LogP contribution in [0.5, 0.6) is 0 Å². The molecule has 9 heteroatoms. The van der Waals surface area contributed by atoms with Crippen molar-refractivity contribution in [2.45, 2.75) is 38.5 Å². The van der Waals surface area contributed by atoms with Gasteiger partial charge < -0.3 is 15.5 Å². The lowest BCUT2D eigenvalue weighted by Crippen LogP contribution is -2.27. The highest BCUT2D eigenvalue weighted by atomic mass is 32.2. The lowest BCUT2D eigenvalue weighted by Gasteiger charge is -2.22. The molecular formula is C25H34N4O4S. The average molecular weight is 487 g/mol. The molecule has 184 valence electrons. The number of nitrogens with zero attached hydrogens (tertiary/aromatic N) is 2. The first-order valence-corrected chi connectivity index (χ1v) is 13.0. The third kappa shape index (κ3) is 5.77. The molecule has 0 unspecified atom stereocenters. The second-order valence-corrected chi connectivity index (χ2v) is 11.4. The smallest absolute Gasteiger partial charge is 0.257 e. The number of nitrogens with one attached hydrogen (secondary N) is 2. The van der Waals surface area contributed by atoms with Gasteiger partial charge in [-0.15, -0.1) is 0 Å². The quantitative estimate of drug-likeness (QED) is 0.595. The van der Waals surface area contributed by atoms with Crippen LogP contribution in [0, 0.1) is 12.8 Å². The fourth-order valence-corrected chi connectivity index (χ4v) is 4.76. The van der Waals surface area contributed by atoms with Gasteiger partial charge in [0.15, 0.2) is 0 Å². The fourth-order valence-electron chi connectivity index (χ4n) is 3.84. The normalized spacial score (nSPS) is 14.0. The number of amides is 2. The van der Waals surface area contributed by atoms with Crippen molar-refractivity contribution in [3.63, 3.8) is 0 Å². The predicted octanol–water partition coefficient (Wildman–Crippen LogP) is 3.48. The minimum Gasteiger partial charge on any atom is -0.371 e. The van der Waals surface area contributed by atoms with Gasteiger partial charge in [-0.1, -0.05) is 13.8 Å². The van der Waals surface area contributed by atoms with E-state index in [0.29, 0.717) is 29.3 Å². The van der Waals surface area contributed by atoms with Crippen molar-refractivity contribution in [3.05, 3.63) is 53.1 Å². The van der Waals surface area contributed by atoms with Crippen molar-refractivity contribution < 1.29 is 18.0 Å². The Labute approximate surface area is 202 Å². The van der Waals surface area contributed by atoms with Crippen LogP contribution in [-0.2, 0) is 10.0 Å². The minimum absolute atomic E-state index is 0.0690. The molecule has 0 aromatic heterocycles. The molecule has 0 atom stereocenters. The molecule has 2 amide bonds. The molecule has 1 fully saturated rings. The fraction of sp³-hybridized carbons (Fsp3) is 0.440. The van der Waals surface area contributed by atoms with Gasteiger partial charge in [0, 0.05) is 50.7 Å². The van der Waals surface area contributed by atoms with Gasteiger partial charge in [0.1, 0.15) is 0 Å². The Bertz CT molecular complexity index is 1170. The number of sulfonamides is 1. The number of benzene rings is 2. The molecule has 0 radical (unpaired) electrons. The van der Waals surface area contributed by atoms with Crippen molar-refractivity contribution in [2.75, 3.05) is 43.9 Å². The zero-order chi connectivity index (χ0) is 25.0. The van der Waals surface area contributed by atoms with Crippen molar-refractivity contribution in [1.82, 2.24) is 9.62 Å². The highest BCUT2D eigenvalue weighted by Crippen LogP contribution is 2.29. The summed E-state index contributed by atoms with van der Waals surface area (Å²) >= 11 is 0. The Hall–Kier alpha value is -2.91. The van der Waals surface area contributed by atoms with E-state index in [1.54, 1.807) is 30.3 Å². The molecular weight excluding hydrogens is 452 g/mol. The van der Waals surface area contributed by atoms with Gasteiger partial charge in [-0.2, -0.15) is 0 Å². The third-order valence-corrected chi connectivity index (χ3v) is 7.66. The van der Waals surface area contributed by atoms with E-state index in [0.717, 1.165) is 41.5 Å². The summed E-state index contributed by atoms with van der Waals surface area (Å²) in [6, 6.07) is 9.82. The zero-order valence-electron chi connectivity index (χ0n) is 20.5. The highest BCUT2D eigenvalue weighted by molar-refractivity contribution is 7.89. The summed E-state index contributed by atoms with van der Waals surface area (Å²) in [6.07, 6.45) is 2.05. The summed E-state index contributed by atoms with van der Waals surface area (Å²) in [6.45, 7) is 8.10. The molecule has 8 nitrogen and oxygen atoms in total. The van der Waals surface area contributed by atoms with Crippen molar-refractivity contribution in [2.24, 2.45) is 5.92 Å². The molecule has 1 heterocycles. The van der Waals surface area contributed by atoms with Crippen LogP contribution in [0.4, 0.5) is 11.4 Å². The van der Waals surface area contributed by atoms with Crippen molar-refractivity contribution in [1.29, 1.82) is 0 Å². The molecule has 0 spiro atoms. The number of anilines is 2. The van der Waals surface area contributed by atoms with E-state index in [4.69, 9.17) is 0 Å². The van der Waals surface area contributed by atoms with E-state index < -0.39 is 15.9 Å². The third-order valence-electron chi connectivity index (χ3n) is 5.85.